The minimum absolute atomic E-state index is 0.0411. The maximum Gasteiger partial charge on any atom is 0.316 e. The predicted molar refractivity (Wildman–Crippen MR) is 234 cm³/mol. The number of hydrogen-bond acceptors (Lipinski definition) is 14. The van der Waals surface area contributed by atoms with Crippen LogP contribution < -0.4 is 5.32 Å². The van der Waals surface area contributed by atoms with Crippen LogP contribution in [0.15, 0.2) is 59.3 Å². The van der Waals surface area contributed by atoms with E-state index in [1.807, 2.05) is 39.1 Å². The summed E-state index contributed by atoms with van der Waals surface area (Å²) < 4.78 is 64.6. The first kappa shape index (κ1) is 48.6. The Morgan fingerprint density at radius 3 is 2.35 bits per heavy atom. The minimum Gasteiger partial charge on any atom is -0.462 e. The molecular weight excluding hydrogens is 811 g/mol. The van der Waals surface area contributed by atoms with Gasteiger partial charge < -0.3 is 62.9 Å². The van der Waals surface area contributed by atoms with Gasteiger partial charge in [-0.25, -0.2) is 0 Å². The molecule has 354 valence electrons. The first-order valence-electron chi connectivity index (χ1n) is 23.4. The number of likely N-dealkylation sites (N-methyl/N-ethyl adjacent to an activating group) is 1. The Labute approximate surface area is 374 Å². The van der Waals surface area contributed by atoms with Crippen molar-refractivity contribution in [1.29, 1.82) is 0 Å². The molecule has 0 amide bonds. The summed E-state index contributed by atoms with van der Waals surface area (Å²) >= 11 is 0. The van der Waals surface area contributed by atoms with Crippen LogP contribution in [0, 0.1) is 23.7 Å². The summed E-state index contributed by atoms with van der Waals surface area (Å²) in [7, 11) is 5.30. The number of fused-ring (bicyclic) bond motifs is 2. The van der Waals surface area contributed by atoms with Gasteiger partial charge in [0.2, 0.25) is 0 Å². The van der Waals surface area contributed by atoms with Crippen LogP contribution in [0.25, 0.3) is 0 Å². The van der Waals surface area contributed by atoms with Crippen LogP contribution in [0.3, 0.4) is 0 Å². The summed E-state index contributed by atoms with van der Waals surface area (Å²) in [6.45, 7) is 16.4. The highest BCUT2D eigenvalue weighted by atomic mass is 16.7. The van der Waals surface area contributed by atoms with Gasteiger partial charge in [-0.2, -0.15) is 0 Å². The molecule has 6 aliphatic heterocycles. The SMILES string of the molecule is CC[C@H](C)[C@H]1O[C@]2(C=C[C@@H]1C)C[C@@H]1C[C@@H](C/C=C(/C)[C@@H](O[C@H]3C[C@H](OC)[C@@H](O[C@H]4C[C@H](OC)[C@H](NC)[C@H](C)O4)[C@H](C)O3)[C@@H](C)/C=C\C=C3CO[C@@H]4[C@H](O)C(C)=C[C@@H](C(=O)O1)[C@]34O)O2. The third-order valence-electron chi connectivity index (χ3n) is 14.9. The number of methoxy groups -OCH3 is 2. The van der Waals surface area contributed by atoms with Gasteiger partial charge >= 0.3 is 5.97 Å². The van der Waals surface area contributed by atoms with Crippen LogP contribution in [-0.4, -0.2) is 141 Å². The molecule has 0 aromatic carbocycles. The molecule has 14 nitrogen and oxygen atoms in total. The van der Waals surface area contributed by atoms with Crippen molar-refractivity contribution in [2.45, 2.75) is 191 Å². The van der Waals surface area contributed by atoms with Crippen molar-refractivity contribution in [3.05, 3.63) is 59.3 Å². The number of aliphatic hydroxyl groups excluding tert-OH is 1. The molecule has 1 aliphatic carbocycles. The summed E-state index contributed by atoms with van der Waals surface area (Å²) in [6, 6.07) is 0.0442. The lowest BCUT2D eigenvalue weighted by Crippen LogP contribution is -2.58. The second-order valence-corrected chi connectivity index (χ2v) is 19.3. The van der Waals surface area contributed by atoms with Gasteiger partial charge in [0.05, 0.1) is 55.4 Å². The molecule has 63 heavy (non-hydrogen) atoms. The Bertz CT molecular complexity index is 1750. The van der Waals surface area contributed by atoms with Crippen molar-refractivity contribution < 1.29 is 62.4 Å². The lowest BCUT2D eigenvalue weighted by molar-refractivity contribution is -0.312. The zero-order valence-corrected chi connectivity index (χ0v) is 39.3. The molecule has 0 saturated carbocycles. The summed E-state index contributed by atoms with van der Waals surface area (Å²) in [5.41, 5.74) is 0.180. The summed E-state index contributed by atoms with van der Waals surface area (Å²) in [4.78, 5) is 14.4. The molecule has 1 spiro atoms. The number of aliphatic hydroxyl groups is 2. The first-order valence-corrected chi connectivity index (χ1v) is 23.4. The molecule has 3 N–H and O–H groups in total. The molecule has 2 bridgehead atoms. The topological polar surface area (TPSA) is 162 Å². The number of hydrogen-bond donors (Lipinski definition) is 3. The van der Waals surface area contributed by atoms with Gasteiger partial charge in [-0.3, -0.25) is 4.79 Å². The Balaban J connectivity index is 1.18. The van der Waals surface area contributed by atoms with Crippen molar-refractivity contribution in [2.75, 3.05) is 27.9 Å². The van der Waals surface area contributed by atoms with Crippen LogP contribution in [0.1, 0.15) is 93.9 Å². The standard InChI is InChI=1S/C49H75NO13/c1-12-26(2)44-29(5)18-19-48(63-44)24-35-21-34(62-48)17-16-28(4)43(27(3)14-13-15-33-25-56-46-42(51)30(6)20-36(47(52)59-35)49(33,46)53)60-40-23-38(55-11)45(32(8)58-40)61-39-22-37(54-10)41(50-9)31(7)57-39/h13-16,18-20,26-27,29,31-32,34-46,50-51,53H,12,17,21-25H2,1-11H3/b14-13-,28-16-,33-15?/t26-,27-,29-,31-,32-,34+,35-,36-,37-,38-,39-,40-,41+,42+,43-,44+,45-,46+,48+,49+/m0/s1. The molecule has 0 aromatic rings. The number of esters is 1. The molecule has 0 unspecified atom stereocenters. The third-order valence-corrected chi connectivity index (χ3v) is 14.9. The largest absolute Gasteiger partial charge is 0.462 e. The zero-order chi connectivity index (χ0) is 45.4. The second kappa shape index (κ2) is 20.3. The highest BCUT2D eigenvalue weighted by Crippen LogP contribution is 2.47. The third kappa shape index (κ3) is 10.0. The van der Waals surface area contributed by atoms with E-state index in [4.69, 9.17) is 47.4 Å². The fourth-order valence-corrected chi connectivity index (χ4v) is 11.0. The van der Waals surface area contributed by atoms with Crippen molar-refractivity contribution in [1.82, 2.24) is 5.32 Å². The maximum absolute atomic E-state index is 14.4. The zero-order valence-electron chi connectivity index (χ0n) is 39.3. The Morgan fingerprint density at radius 1 is 0.921 bits per heavy atom. The minimum atomic E-state index is -1.83. The van der Waals surface area contributed by atoms with E-state index < -0.39 is 66.4 Å². The number of carbonyl (C=O) groups excluding carboxylic acids is 1. The van der Waals surface area contributed by atoms with Crippen molar-refractivity contribution >= 4 is 5.97 Å². The fourth-order valence-electron chi connectivity index (χ4n) is 11.0. The highest BCUT2D eigenvalue weighted by Gasteiger charge is 2.60. The van der Waals surface area contributed by atoms with Gasteiger partial charge in [-0.1, -0.05) is 70.6 Å². The van der Waals surface area contributed by atoms with Gasteiger partial charge in [0, 0.05) is 51.7 Å². The molecule has 6 heterocycles. The van der Waals surface area contributed by atoms with Crippen LogP contribution in [0.5, 0.6) is 0 Å². The number of rotatable bonds is 9. The van der Waals surface area contributed by atoms with E-state index in [1.54, 1.807) is 33.3 Å². The molecule has 4 saturated heterocycles. The smallest absolute Gasteiger partial charge is 0.316 e. The maximum atomic E-state index is 14.4. The van der Waals surface area contributed by atoms with Gasteiger partial charge in [0.25, 0.3) is 0 Å². The van der Waals surface area contributed by atoms with Crippen LogP contribution in [-0.2, 0) is 52.2 Å². The molecule has 7 aliphatic rings. The molecular formula is C49H75NO13. The molecule has 4 fully saturated rings. The van der Waals surface area contributed by atoms with E-state index in [0.717, 1.165) is 12.0 Å². The number of ether oxygens (including phenoxy) is 10. The Morgan fingerprint density at radius 2 is 1.63 bits per heavy atom. The lowest BCUT2D eigenvalue weighted by atomic mass is 9.71. The number of allylic oxidation sites excluding steroid dienone is 2. The molecule has 7 rings (SSSR count). The van der Waals surface area contributed by atoms with Crippen LogP contribution in [0.2, 0.25) is 0 Å². The second-order valence-electron chi connectivity index (χ2n) is 19.3. The number of carbonyl (C=O) groups is 1. The summed E-state index contributed by atoms with van der Waals surface area (Å²) in [5.74, 6) is -2.51. The van der Waals surface area contributed by atoms with Crippen molar-refractivity contribution in [3.8, 4) is 0 Å². The molecule has 0 aromatic heterocycles. The van der Waals surface area contributed by atoms with Crippen LogP contribution >= 0.6 is 0 Å². The van der Waals surface area contributed by atoms with E-state index in [2.05, 4.69) is 52.1 Å². The van der Waals surface area contributed by atoms with E-state index in [9.17, 15) is 15.0 Å². The van der Waals surface area contributed by atoms with Gasteiger partial charge in [0.15, 0.2) is 18.4 Å². The lowest BCUT2D eigenvalue weighted by Gasteiger charge is -2.48. The average molecular weight is 886 g/mol. The first-order chi connectivity index (χ1) is 30.0. The molecule has 0 radical (unpaired) electrons. The highest BCUT2D eigenvalue weighted by molar-refractivity contribution is 5.78. The van der Waals surface area contributed by atoms with E-state index in [0.29, 0.717) is 43.3 Å². The van der Waals surface area contributed by atoms with E-state index in [-0.39, 0.29) is 67.0 Å². The van der Waals surface area contributed by atoms with Gasteiger partial charge in [-0.05, 0) is 69.9 Å². The monoisotopic (exact) mass is 886 g/mol. The van der Waals surface area contributed by atoms with Crippen molar-refractivity contribution in [3.63, 3.8) is 0 Å². The normalized spacial score (nSPS) is 47.7. The van der Waals surface area contributed by atoms with E-state index in [1.165, 1.54) is 0 Å². The van der Waals surface area contributed by atoms with E-state index >= 15 is 0 Å². The fraction of sp³-hybridized carbons (Fsp3) is 0.776. The van der Waals surface area contributed by atoms with Crippen LogP contribution in [0.4, 0.5) is 0 Å². The van der Waals surface area contributed by atoms with Gasteiger partial charge in [0.1, 0.15) is 35.9 Å². The average Bonchev–Trinajstić information content (AvgIpc) is 3.60. The summed E-state index contributed by atoms with van der Waals surface area (Å²) in [6.07, 6.45) is 10.7. The molecule has 20 atom stereocenters. The molecule has 14 heteroatoms. The van der Waals surface area contributed by atoms with Gasteiger partial charge in [-0.15, -0.1) is 0 Å². The Kier molecular flexibility index (Phi) is 15.7. The summed E-state index contributed by atoms with van der Waals surface area (Å²) in [5, 5.41) is 27.1. The quantitative estimate of drug-likeness (QED) is 0.194. The van der Waals surface area contributed by atoms with Crippen molar-refractivity contribution in [2.24, 2.45) is 23.7 Å². The Hall–Kier alpha value is -2.31. The number of nitrogens with one attached hydrogen (secondary N) is 1. The predicted octanol–water partition coefficient (Wildman–Crippen LogP) is 5.60.